The van der Waals surface area contributed by atoms with Crippen molar-refractivity contribution in [2.75, 3.05) is 11.9 Å². The van der Waals surface area contributed by atoms with Gasteiger partial charge in [-0.15, -0.1) is 0 Å². The Labute approximate surface area is 211 Å². The summed E-state index contributed by atoms with van der Waals surface area (Å²) in [7, 11) is 0. The Hall–Kier alpha value is -3.38. The Morgan fingerprint density at radius 2 is 1.64 bits per heavy atom. The summed E-state index contributed by atoms with van der Waals surface area (Å²) in [4.78, 5) is 11.8. The first kappa shape index (κ1) is 25.7. The highest BCUT2D eigenvalue weighted by atomic mass is 19.1. The number of phenolic OH excluding ortho intramolecular Hbond substituents is 1. The molecule has 0 fully saturated rings. The molecule has 1 atom stereocenters. The summed E-state index contributed by atoms with van der Waals surface area (Å²) >= 11 is 0. The molecule has 1 unspecified atom stereocenters. The van der Waals surface area contributed by atoms with Crippen LogP contribution >= 0.6 is 0 Å². The van der Waals surface area contributed by atoms with Crippen molar-refractivity contribution in [1.29, 1.82) is 0 Å². The molecule has 1 aliphatic heterocycles. The molecule has 3 aromatic rings. The Balaban J connectivity index is 1.63. The maximum atomic E-state index is 14.1. The van der Waals surface area contributed by atoms with Gasteiger partial charge in [0.25, 0.3) is 0 Å². The Bertz CT molecular complexity index is 1260. The summed E-state index contributed by atoms with van der Waals surface area (Å²) in [5.74, 6) is -0.756. The fraction of sp³-hybridized carbons (Fsp3) is 0.367. The molecule has 0 spiro atoms. The van der Waals surface area contributed by atoms with E-state index in [2.05, 4.69) is 31.3 Å². The minimum absolute atomic E-state index is 0.00215. The Kier molecular flexibility index (Phi) is 6.84. The van der Waals surface area contributed by atoms with Gasteiger partial charge in [-0.1, -0.05) is 58.0 Å². The average molecular weight is 492 g/mol. The zero-order chi connectivity index (χ0) is 26.1. The summed E-state index contributed by atoms with van der Waals surface area (Å²) in [6, 6.07) is 19.3. The second kappa shape index (κ2) is 9.58. The number of rotatable bonds is 9. The highest BCUT2D eigenvalue weighted by Crippen LogP contribution is 2.42. The molecule has 0 saturated carbocycles. The third kappa shape index (κ3) is 5.54. The fourth-order valence-electron chi connectivity index (χ4n) is 5.48. The van der Waals surface area contributed by atoms with E-state index in [0.29, 0.717) is 17.5 Å². The Morgan fingerprint density at radius 1 is 0.944 bits per heavy atom. The highest BCUT2D eigenvalue weighted by molar-refractivity contribution is 5.93. The largest absolute Gasteiger partial charge is 0.508 e. The van der Waals surface area contributed by atoms with Gasteiger partial charge in [-0.3, -0.25) is 0 Å². The van der Waals surface area contributed by atoms with E-state index in [1.54, 1.807) is 12.1 Å². The topological polar surface area (TPSA) is 78.8 Å². The molecule has 4 rings (SSSR count). The predicted molar refractivity (Wildman–Crippen MR) is 139 cm³/mol. The maximum Gasteiger partial charge on any atom is 0.338 e. The molecule has 3 N–H and O–H groups in total. The number of anilines is 1. The summed E-state index contributed by atoms with van der Waals surface area (Å²) in [5, 5.41) is 26.0. The van der Waals surface area contributed by atoms with E-state index in [9.17, 15) is 19.4 Å². The first-order valence-electron chi connectivity index (χ1n) is 12.2. The normalized spacial score (nSPS) is 15.2. The van der Waals surface area contributed by atoms with Gasteiger partial charge in [0.2, 0.25) is 0 Å². The number of nitrogens with one attached hydrogen (secondary N) is 1. The number of halogens is 1. The number of carbonyl (C=O) groups excluding carboxylic acids is 1. The van der Waals surface area contributed by atoms with Crippen LogP contribution in [0.25, 0.3) is 0 Å². The zero-order valence-electron chi connectivity index (χ0n) is 21.3. The summed E-state index contributed by atoms with van der Waals surface area (Å²) < 4.78 is 19.2. The van der Waals surface area contributed by atoms with Crippen LogP contribution in [0.2, 0.25) is 0 Å². The van der Waals surface area contributed by atoms with Crippen molar-refractivity contribution in [3.8, 4) is 5.75 Å². The first-order chi connectivity index (χ1) is 16.9. The van der Waals surface area contributed by atoms with Crippen LogP contribution in [0.1, 0.15) is 67.6 Å². The third-order valence-corrected chi connectivity index (χ3v) is 7.09. The molecule has 1 heterocycles. The first-order valence-corrected chi connectivity index (χ1v) is 12.2. The number of ether oxygens (including phenoxy) is 1. The lowest BCUT2D eigenvalue weighted by molar-refractivity contribution is 0.000200. The lowest BCUT2D eigenvalue weighted by atomic mass is 9.68. The van der Waals surface area contributed by atoms with Crippen LogP contribution in [-0.4, -0.2) is 28.3 Å². The number of phenols is 1. The molecule has 0 amide bonds. The highest BCUT2D eigenvalue weighted by Gasteiger charge is 2.41. The number of benzene rings is 3. The second-order valence-electron chi connectivity index (χ2n) is 11.2. The van der Waals surface area contributed by atoms with Gasteiger partial charge >= 0.3 is 5.97 Å². The minimum atomic E-state index is -1.23. The van der Waals surface area contributed by atoms with Gasteiger partial charge in [-0.05, 0) is 65.6 Å². The molecule has 0 radical (unpaired) electrons. The van der Waals surface area contributed by atoms with Crippen LogP contribution in [-0.2, 0) is 22.2 Å². The quantitative estimate of drug-likeness (QED) is 0.316. The summed E-state index contributed by atoms with van der Waals surface area (Å²) in [5.41, 5.74) is 1.37. The van der Waals surface area contributed by atoms with E-state index in [1.165, 1.54) is 18.2 Å². The van der Waals surface area contributed by atoms with E-state index in [0.717, 1.165) is 16.8 Å². The number of aliphatic hydroxyl groups is 1. The fourth-order valence-corrected chi connectivity index (χ4v) is 5.48. The average Bonchev–Trinajstić information content (AvgIpc) is 3.19. The number of fused-ring (bicyclic) bond motifs is 1. The van der Waals surface area contributed by atoms with Crippen LogP contribution < -0.4 is 5.32 Å². The van der Waals surface area contributed by atoms with Gasteiger partial charge in [-0.25, -0.2) is 9.18 Å². The van der Waals surface area contributed by atoms with E-state index in [4.69, 9.17) is 4.74 Å². The van der Waals surface area contributed by atoms with E-state index >= 15 is 0 Å². The molecule has 6 heteroatoms. The van der Waals surface area contributed by atoms with Crippen LogP contribution in [0, 0.1) is 5.82 Å². The molecule has 3 aromatic carbocycles. The minimum Gasteiger partial charge on any atom is -0.508 e. The van der Waals surface area contributed by atoms with E-state index in [-0.39, 0.29) is 36.7 Å². The Morgan fingerprint density at radius 3 is 2.36 bits per heavy atom. The van der Waals surface area contributed by atoms with Crippen molar-refractivity contribution in [2.45, 2.75) is 63.6 Å². The van der Waals surface area contributed by atoms with Crippen molar-refractivity contribution in [2.24, 2.45) is 0 Å². The standard InChI is InChI=1S/C30H34FNO4/c1-28(2,21-8-6-5-7-9-21)17-30(35,18-29(3,4)25-15-22(31)10-13-26(25)33)19-32-23-11-12-24-20(14-23)16-36-27(24)34/h5-15,32-33,35H,16-19H2,1-4H3. The third-order valence-electron chi connectivity index (χ3n) is 7.09. The molecule has 5 nitrogen and oxygen atoms in total. The van der Waals surface area contributed by atoms with Crippen LogP contribution in [0.4, 0.5) is 10.1 Å². The molecular weight excluding hydrogens is 457 g/mol. The lowest BCUT2D eigenvalue weighted by Gasteiger charge is -2.42. The van der Waals surface area contributed by atoms with Gasteiger partial charge in [0.05, 0.1) is 11.2 Å². The molecule has 36 heavy (non-hydrogen) atoms. The zero-order valence-corrected chi connectivity index (χ0v) is 21.3. The van der Waals surface area contributed by atoms with Gasteiger partial charge in [0.15, 0.2) is 0 Å². The van der Waals surface area contributed by atoms with E-state index in [1.807, 2.05) is 38.1 Å². The lowest BCUT2D eigenvalue weighted by Crippen LogP contribution is -2.46. The molecule has 190 valence electrons. The van der Waals surface area contributed by atoms with Gasteiger partial charge in [0, 0.05) is 23.4 Å². The van der Waals surface area contributed by atoms with Crippen molar-refractivity contribution < 1.29 is 24.1 Å². The summed E-state index contributed by atoms with van der Waals surface area (Å²) in [6.07, 6.45) is 0.690. The SMILES string of the molecule is CC(C)(CC(O)(CNc1ccc2c(c1)COC2=O)CC(C)(C)c1cc(F)ccc1O)c1ccccc1. The molecule has 0 aromatic heterocycles. The van der Waals surface area contributed by atoms with Crippen molar-refractivity contribution in [1.82, 2.24) is 0 Å². The molecule has 1 aliphatic rings. The number of carbonyl (C=O) groups is 1. The van der Waals surface area contributed by atoms with Crippen LogP contribution in [0.3, 0.4) is 0 Å². The number of aromatic hydroxyl groups is 1. The van der Waals surface area contributed by atoms with E-state index < -0.39 is 16.8 Å². The molecule has 0 saturated heterocycles. The summed E-state index contributed by atoms with van der Waals surface area (Å²) in [6.45, 7) is 8.45. The van der Waals surface area contributed by atoms with Gasteiger partial charge < -0.3 is 20.3 Å². The monoisotopic (exact) mass is 491 g/mol. The van der Waals surface area contributed by atoms with Gasteiger partial charge in [0.1, 0.15) is 18.2 Å². The van der Waals surface area contributed by atoms with Crippen LogP contribution in [0.5, 0.6) is 5.75 Å². The van der Waals surface area contributed by atoms with Gasteiger partial charge in [-0.2, -0.15) is 0 Å². The molecule has 0 bridgehead atoms. The number of hydrogen-bond acceptors (Lipinski definition) is 5. The van der Waals surface area contributed by atoms with Crippen molar-refractivity contribution in [3.63, 3.8) is 0 Å². The number of esters is 1. The molecule has 0 aliphatic carbocycles. The smallest absolute Gasteiger partial charge is 0.338 e. The number of hydrogen-bond donors (Lipinski definition) is 3. The second-order valence-corrected chi connectivity index (χ2v) is 11.2. The predicted octanol–water partition coefficient (Wildman–Crippen LogP) is 6.08. The maximum absolute atomic E-state index is 14.1. The number of cyclic esters (lactones) is 1. The van der Waals surface area contributed by atoms with Crippen molar-refractivity contribution in [3.05, 3.63) is 94.8 Å². The van der Waals surface area contributed by atoms with Crippen molar-refractivity contribution >= 4 is 11.7 Å². The molecular formula is C30H34FNO4. The van der Waals surface area contributed by atoms with Crippen LogP contribution in [0.15, 0.2) is 66.7 Å².